The van der Waals surface area contributed by atoms with E-state index in [1.54, 1.807) is 27.1 Å². The Labute approximate surface area is 206 Å². The number of carbonyl (C=O) groups is 3. The van der Waals surface area contributed by atoms with Crippen molar-refractivity contribution in [1.82, 2.24) is 10.2 Å². The molecule has 7 N–H and O–H groups in total. The average Bonchev–Trinajstić information content (AvgIpc) is 2.80. The third-order valence-corrected chi connectivity index (χ3v) is 7.57. The fourth-order valence-electron chi connectivity index (χ4n) is 5.81. The lowest BCUT2D eigenvalue weighted by Gasteiger charge is -2.50. The maximum atomic E-state index is 13.8. The number of hydrogen-bond acceptors (Lipinski definition) is 9. The number of carbonyl (C=O) groups excluding carboxylic acids is 3. The van der Waals surface area contributed by atoms with Gasteiger partial charge in [0.05, 0.1) is 11.6 Å². The fourth-order valence-corrected chi connectivity index (χ4v) is 5.81. The number of aliphatic hydroxyl groups is 3. The monoisotopic (exact) mass is 503 g/mol. The predicted molar refractivity (Wildman–Crippen MR) is 127 cm³/mol. The van der Waals surface area contributed by atoms with Crippen LogP contribution in [0, 0.1) is 11.8 Å². The normalized spacial score (nSPS) is 28.7. The summed E-state index contributed by atoms with van der Waals surface area (Å²) in [7, 11) is 3.09. The molecule has 11 heteroatoms. The van der Waals surface area contributed by atoms with Crippen LogP contribution in [0.3, 0.4) is 0 Å². The van der Waals surface area contributed by atoms with Gasteiger partial charge in [-0.05, 0) is 57.0 Å². The van der Waals surface area contributed by atoms with Gasteiger partial charge in [-0.25, -0.2) is 4.39 Å². The molecule has 194 valence electrons. The van der Waals surface area contributed by atoms with Crippen molar-refractivity contribution in [2.24, 2.45) is 17.6 Å². The number of aliphatic hydroxyl groups excluding tert-OH is 2. The number of phenolic OH excluding ortho intramolecular Hbond substituents is 1. The zero-order valence-electron chi connectivity index (χ0n) is 20.2. The molecule has 0 saturated heterocycles. The highest BCUT2D eigenvalue weighted by molar-refractivity contribution is 6.24. The quantitative estimate of drug-likeness (QED) is 0.301. The molecule has 3 aliphatic rings. The molecular formula is C25H30FN3O7. The lowest BCUT2D eigenvalue weighted by Crippen LogP contribution is -2.65. The van der Waals surface area contributed by atoms with E-state index in [1.165, 1.54) is 11.0 Å². The Hall–Kier alpha value is -3.28. The Balaban J connectivity index is 1.89. The van der Waals surface area contributed by atoms with Crippen LogP contribution in [-0.2, 0) is 27.3 Å². The van der Waals surface area contributed by atoms with Crippen molar-refractivity contribution < 1.29 is 39.2 Å². The summed E-state index contributed by atoms with van der Waals surface area (Å²) in [6.45, 7) is 1.33. The van der Waals surface area contributed by atoms with Crippen LogP contribution >= 0.6 is 0 Å². The molecule has 36 heavy (non-hydrogen) atoms. The number of ketones is 2. The Kier molecular flexibility index (Phi) is 6.44. The Morgan fingerprint density at radius 2 is 1.94 bits per heavy atom. The smallest absolute Gasteiger partial charge is 0.255 e. The van der Waals surface area contributed by atoms with Gasteiger partial charge < -0.3 is 31.5 Å². The second kappa shape index (κ2) is 8.99. The van der Waals surface area contributed by atoms with Crippen molar-refractivity contribution in [3.8, 4) is 5.75 Å². The molecule has 5 atom stereocenters. The third-order valence-electron chi connectivity index (χ3n) is 7.57. The van der Waals surface area contributed by atoms with E-state index in [0.717, 1.165) is 0 Å². The second-order valence-electron chi connectivity index (χ2n) is 10.00. The standard InChI is InChI=1S/C25H30FN3O7/c1-10(8-26)28-9-11-4-5-15(30)17-13(11)6-12-7-14-19(29(2)3)21(32)18(24(27)35)23(34)25(14,36)22(33)16(12)20(17)31/h4-5,10,12,14,19,28,30-31,34,36H,6-9H2,1-3H3,(H2,27,35)/t10?,12-,14-,19?,25-/m1/s1. The number of Topliss-reactive ketones (excluding diaryl/α,β-unsaturated/α-hetero) is 2. The van der Waals surface area contributed by atoms with E-state index in [2.05, 4.69) is 5.32 Å². The van der Waals surface area contributed by atoms with E-state index in [9.17, 15) is 39.2 Å². The molecule has 1 fully saturated rings. The summed E-state index contributed by atoms with van der Waals surface area (Å²) in [4.78, 5) is 40.3. The minimum atomic E-state index is -2.67. The highest BCUT2D eigenvalue weighted by Gasteiger charge is 2.64. The minimum absolute atomic E-state index is 0.00910. The van der Waals surface area contributed by atoms with Crippen LogP contribution in [-0.4, -0.2) is 81.3 Å². The number of aromatic hydroxyl groups is 1. The topological polar surface area (TPSA) is 173 Å². The van der Waals surface area contributed by atoms with Gasteiger partial charge in [-0.1, -0.05) is 6.07 Å². The molecule has 1 saturated carbocycles. The van der Waals surface area contributed by atoms with Crippen LogP contribution in [0.1, 0.15) is 30.0 Å². The van der Waals surface area contributed by atoms with Gasteiger partial charge in [0.1, 0.15) is 29.5 Å². The van der Waals surface area contributed by atoms with Crippen molar-refractivity contribution in [1.29, 1.82) is 0 Å². The fraction of sp³-hybridized carbons (Fsp3) is 0.480. The van der Waals surface area contributed by atoms with Crippen molar-refractivity contribution in [2.45, 2.75) is 44.0 Å². The summed E-state index contributed by atoms with van der Waals surface area (Å²) in [6, 6.07) is 1.43. The molecule has 0 heterocycles. The average molecular weight is 504 g/mol. The Morgan fingerprint density at radius 1 is 1.28 bits per heavy atom. The zero-order valence-corrected chi connectivity index (χ0v) is 20.2. The Bertz CT molecular complexity index is 1220. The first-order chi connectivity index (χ1) is 16.9. The van der Waals surface area contributed by atoms with Crippen LogP contribution in [0.15, 0.2) is 29.0 Å². The van der Waals surface area contributed by atoms with Crippen LogP contribution in [0.5, 0.6) is 5.75 Å². The third kappa shape index (κ3) is 3.61. The summed E-state index contributed by atoms with van der Waals surface area (Å²) in [6.07, 6.45) is 0.194. The van der Waals surface area contributed by atoms with E-state index in [-0.39, 0.29) is 36.3 Å². The number of nitrogens with two attached hydrogens (primary N) is 1. The molecule has 10 nitrogen and oxygen atoms in total. The molecule has 0 bridgehead atoms. The van der Waals surface area contributed by atoms with Gasteiger partial charge in [0.25, 0.3) is 5.91 Å². The molecule has 3 aliphatic carbocycles. The summed E-state index contributed by atoms with van der Waals surface area (Å²) < 4.78 is 13.0. The summed E-state index contributed by atoms with van der Waals surface area (Å²) in [5, 5.41) is 47.2. The first-order valence-corrected chi connectivity index (χ1v) is 11.6. The summed E-state index contributed by atoms with van der Waals surface area (Å²) in [5.74, 6) is -6.91. The largest absolute Gasteiger partial charge is 0.508 e. The molecule has 1 amide bonds. The number of primary amides is 1. The molecule has 1 aromatic carbocycles. The maximum Gasteiger partial charge on any atom is 0.255 e. The zero-order chi connectivity index (χ0) is 26.7. The van der Waals surface area contributed by atoms with Crippen molar-refractivity contribution in [3.63, 3.8) is 0 Å². The van der Waals surface area contributed by atoms with Crippen molar-refractivity contribution in [2.75, 3.05) is 20.8 Å². The number of fused-ring (bicyclic) bond motifs is 3. The molecule has 4 rings (SSSR count). The number of amides is 1. The van der Waals surface area contributed by atoms with E-state index in [1.807, 2.05) is 0 Å². The van der Waals surface area contributed by atoms with Crippen LogP contribution in [0.4, 0.5) is 4.39 Å². The van der Waals surface area contributed by atoms with Gasteiger partial charge in [-0.3, -0.25) is 19.3 Å². The van der Waals surface area contributed by atoms with Crippen molar-refractivity contribution >= 4 is 23.2 Å². The van der Waals surface area contributed by atoms with Crippen LogP contribution in [0.25, 0.3) is 5.76 Å². The molecule has 1 aromatic rings. The van der Waals surface area contributed by atoms with E-state index in [0.29, 0.717) is 11.1 Å². The molecular weight excluding hydrogens is 473 g/mol. The molecule has 0 radical (unpaired) electrons. The van der Waals surface area contributed by atoms with E-state index >= 15 is 0 Å². The van der Waals surface area contributed by atoms with Crippen molar-refractivity contribution in [3.05, 3.63) is 45.7 Å². The number of rotatable bonds is 6. The van der Waals surface area contributed by atoms with Gasteiger partial charge in [-0.2, -0.15) is 0 Å². The predicted octanol–water partition coefficient (Wildman–Crippen LogP) is 0.412. The van der Waals surface area contributed by atoms with Gasteiger partial charge in [-0.15, -0.1) is 0 Å². The molecule has 0 aromatic heterocycles. The van der Waals surface area contributed by atoms with Gasteiger partial charge in [0, 0.05) is 24.1 Å². The number of nitrogens with one attached hydrogen (secondary N) is 1. The van der Waals surface area contributed by atoms with E-state index < -0.39 is 70.8 Å². The molecule has 2 unspecified atom stereocenters. The maximum absolute atomic E-state index is 13.8. The summed E-state index contributed by atoms with van der Waals surface area (Å²) in [5.41, 5.74) is 2.83. The van der Waals surface area contributed by atoms with E-state index in [4.69, 9.17) is 5.73 Å². The Morgan fingerprint density at radius 3 is 2.53 bits per heavy atom. The first-order valence-electron chi connectivity index (χ1n) is 11.6. The van der Waals surface area contributed by atoms with Crippen LogP contribution in [0.2, 0.25) is 0 Å². The lowest BCUT2D eigenvalue weighted by molar-refractivity contribution is -0.153. The number of likely N-dealkylation sites (N-methyl/N-ethyl adjacent to an activating group) is 1. The number of alkyl halides is 1. The highest BCUT2D eigenvalue weighted by atomic mass is 19.1. The number of hydrogen-bond donors (Lipinski definition) is 6. The highest BCUT2D eigenvalue weighted by Crippen LogP contribution is 2.52. The molecule has 0 spiro atoms. The SMILES string of the molecule is CC(CF)NCc1ccc(O)c2c1C[C@@H]1C[C@@H]3C(N(C)C)C(=O)C(C(N)=O)=C(O)[C@]3(O)C(=O)C1=C2O. The van der Waals surface area contributed by atoms with Crippen LogP contribution < -0.4 is 11.1 Å². The van der Waals surface area contributed by atoms with Gasteiger partial charge in [0.2, 0.25) is 5.78 Å². The number of halogens is 1. The van der Waals surface area contributed by atoms with Gasteiger partial charge in [0.15, 0.2) is 11.4 Å². The second-order valence-corrected chi connectivity index (χ2v) is 10.00. The van der Waals surface area contributed by atoms with Gasteiger partial charge >= 0.3 is 0 Å². The lowest BCUT2D eigenvalue weighted by atomic mass is 9.57. The minimum Gasteiger partial charge on any atom is -0.508 e. The first kappa shape index (κ1) is 25.8. The number of benzene rings is 1. The molecule has 0 aliphatic heterocycles. The number of phenols is 1. The summed E-state index contributed by atoms with van der Waals surface area (Å²) >= 11 is 0. The number of nitrogens with zero attached hydrogens (tertiary/aromatic N) is 1.